The van der Waals surface area contributed by atoms with Gasteiger partial charge in [0.2, 0.25) is 0 Å². The van der Waals surface area contributed by atoms with Crippen LogP contribution in [-0.4, -0.2) is 48.1 Å². The highest BCUT2D eigenvalue weighted by atomic mass is 32.1. The summed E-state index contributed by atoms with van der Waals surface area (Å²) in [5.41, 5.74) is 4.09. The maximum Gasteiger partial charge on any atom is 0.267 e. The summed E-state index contributed by atoms with van der Waals surface area (Å²) in [6, 6.07) is 16.5. The molecule has 0 spiro atoms. The quantitative estimate of drug-likeness (QED) is 0.533. The smallest absolute Gasteiger partial charge is 0.267 e. The lowest BCUT2D eigenvalue weighted by Crippen LogP contribution is -2.48. The Hall–Kier alpha value is -2.70. The molecule has 2 aromatic carbocycles. The van der Waals surface area contributed by atoms with Gasteiger partial charge >= 0.3 is 0 Å². The number of amides is 1. The zero-order valence-corrected chi connectivity index (χ0v) is 19.3. The minimum Gasteiger partial charge on any atom is -0.479 e. The molecule has 1 atom stereocenters. The van der Waals surface area contributed by atoms with Crippen LogP contribution in [-0.2, 0) is 11.2 Å². The maximum atomic E-state index is 13.0. The van der Waals surface area contributed by atoms with Gasteiger partial charge in [-0.05, 0) is 56.6 Å². The molecule has 0 aliphatic carbocycles. The molecular weight excluding hydrogens is 418 g/mol. The van der Waals surface area contributed by atoms with Crippen LogP contribution in [0, 0.1) is 0 Å². The summed E-state index contributed by atoms with van der Waals surface area (Å²) in [4.78, 5) is 22.2. The van der Waals surface area contributed by atoms with Crippen molar-refractivity contribution in [3.63, 3.8) is 0 Å². The summed E-state index contributed by atoms with van der Waals surface area (Å²) in [6.07, 6.45) is 4.20. The zero-order chi connectivity index (χ0) is 21.9. The van der Waals surface area contributed by atoms with E-state index in [1.807, 2.05) is 30.0 Å². The van der Waals surface area contributed by atoms with E-state index >= 15 is 0 Å². The molecule has 2 aliphatic rings. The number of ether oxygens (including phenoxy) is 1. The minimum absolute atomic E-state index is 0.0368. The van der Waals surface area contributed by atoms with Crippen molar-refractivity contribution in [3.8, 4) is 17.0 Å². The van der Waals surface area contributed by atoms with Crippen molar-refractivity contribution < 1.29 is 9.53 Å². The third-order valence-electron chi connectivity index (χ3n) is 6.30. The first-order valence-corrected chi connectivity index (χ1v) is 12.4. The first-order chi connectivity index (χ1) is 15.7. The summed E-state index contributed by atoms with van der Waals surface area (Å²) in [5, 5.41) is 3.19. The Balaban J connectivity index is 1.37. The number of thiazole rings is 1. The molecule has 1 aromatic heterocycles. The third kappa shape index (κ3) is 4.57. The Kier molecular flexibility index (Phi) is 6.23. The fourth-order valence-electron chi connectivity index (χ4n) is 4.52. The maximum absolute atomic E-state index is 13.0. The molecule has 0 N–H and O–H groups in total. The fraction of sp³-hybridized carbons (Fsp3) is 0.385. The molecule has 3 aromatic rings. The van der Waals surface area contributed by atoms with E-state index in [0.29, 0.717) is 6.54 Å². The van der Waals surface area contributed by atoms with E-state index in [-0.39, 0.29) is 5.91 Å². The monoisotopic (exact) mass is 447 g/mol. The van der Waals surface area contributed by atoms with Crippen molar-refractivity contribution in [1.82, 2.24) is 9.88 Å². The molecule has 2 aliphatic heterocycles. The minimum atomic E-state index is -0.452. The second-order valence-electron chi connectivity index (χ2n) is 8.62. The van der Waals surface area contributed by atoms with E-state index in [1.165, 1.54) is 24.8 Å². The fourth-order valence-corrected chi connectivity index (χ4v) is 5.35. The van der Waals surface area contributed by atoms with Gasteiger partial charge in [-0.2, -0.15) is 0 Å². The largest absolute Gasteiger partial charge is 0.479 e. The van der Waals surface area contributed by atoms with E-state index < -0.39 is 6.10 Å². The number of carbonyl (C=O) groups excluding carboxylic acids is 1. The molecule has 1 amide bonds. The summed E-state index contributed by atoms with van der Waals surface area (Å²) in [5.74, 6) is 0.814. The first kappa shape index (κ1) is 21.2. The number of anilines is 1. The molecule has 5 rings (SSSR count). The van der Waals surface area contributed by atoms with Crippen molar-refractivity contribution >= 4 is 22.9 Å². The number of likely N-dealkylation sites (tertiary alicyclic amines) is 1. The molecule has 0 radical (unpaired) electrons. The Labute approximate surface area is 193 Å². The molecule has 166 valence electrons. The number of fused-ring (bicyclic) bond motifs is 1. The van der Waals surface area contributed by atoms with E-state index in [1.54, 1.807) is 11.3 Å². The van der Waals surface area contributed by atoms with E-state index in [0.717, 1.165) is 53.8 Å². The average Bonchev–Trinajstić information content (AvgIpc) is 3.29. The number of hydrogen-bond donors (Lipinski definition) is 0. The normalized spacial score (nSPS) is 19.0. The standard InChI is InChI=1S/C26H29N3O2S/c1-19-26(30)29(15-14-28-12-6-3-7-13-28)23-17-21(10-11-24(23)31-19)22-18-32-25(27-22)16-20-8-4-2-5-9-20/h2,4-5,8-11,17-19H,3,6-7,12-16H2,1H3. The average molecular weight is 448 g/mol. The van der Waals surface area contributed by atoms with E-state index in [4.69, 9.17) is 9.72 Å². The summed E-state index contributed by atoms with van der Waals surface area (Å²) in [7, 11) is 0. The van der Waals surface area contributed by atoms with Crippen molar-refractivity contribution in [2.75, 3.05) is 31.1 Å². The van der Waals surface area contributed by atoms with Gasteiger partial charge < -0.3 is 14.5 Å². The lowest BCUT2D eigenvalue weighted by Gasteiger charge is -2.35. The van der Waals surface area contributed by atoms with Gasteiger partial charge in [-0.1, -0.05) is 36.8 Å². The number of aromatic nitrogens is 1. The Bertz CT molecular complexity index is 1080. The number of benzene rings is 2. The zero-order valence-electron chi connectivity index (χ0n) is 18.5. The van der Waals surface area contributed by atoms with E-state index in [9.17, 15) is 4.79 Å². The molecule has 1 unspecified atom stereocenters. The second kappa shape index (κ2) is 9.43. The summed E-state index contributed by atoms with van der Waals surface area (Å²) >= 11 is 1.68. The van der Waals surface area contributed by atoms with Crippen LogP contribution in [0.15, 0.2) is 53.9 Å². The first-order valence-electron chi connectivity index (χ1n) is 11.5. The molecule has 6 heteroatoms. The number of hydrogen-bond acceptors (Lipinski definition) is 5. The summed E-state index contributed by atoms with van der Waals surface area (Å²) in [6.45, 7) is 5.69. The predicted octanol–water partition coefficient (Wildman–Crippen LogP) is 5.00. The van der Waals surface area contributed by atoms with Gasteiger partial charge in [0, 0.05) is 30.5 Å². The van der Waals surface area contributed by atoms with Crippen LogP contribution in [0.4, 0.5) is 5.69 Å². The highest BCUT2D eigenvalue weighted by molar-refractivity contribution is 7.10. The van der Waals surface area contributed by atoms with Crippen LogP contribution in [0.25, 0.3) is 11.3 Å². The summed E-state index contributed by atoms with van der Waals surface area (Å²) < 4.78 is 5.92. The van der Waals surface area contributed by atoms with Crippen LogP contribution in [0.2, 0.25) is 0 Å². The molecule has 0 bridgehead atoms. The van der Waals surface area contributed by atoms with Crippen molar-refractivity contribution in [1.29, 1.82) is 0 Å². The van der Waals surface area contributed by atoms with Gasteiger partial charge in [-0.25, -0.2) is 4.98 Å². The molecule has 5 nitrogen and oxygen atoms in total. The Morgan fingerprint density at radius 3 is 2.69 bits per heavy atom. The van der Waals surface area contributed by atoms with Crippen LogP contribution in [0.3, 0.4) is 0 Å². The van der Waals surface area contributed by atoms with Crippen molar-refractivity contribution in [3.05, 3.63) is 64.5 Å². The van der Waals surface area contributed by atoms with Gasteiger partial charge in [0.05, 0.1) is 16.4 Å². The lowest BCUT2D eigenvalue weighted by molar-refractivity contribution is -0.125. The van der Waals surface area contributed by atoms with Crippen LogP contribution in [0.5, 0.6) is 5.75 Å². The van der Waals surface area contributed by atoms with Crippen LogP contribution >= 0.6 is 11.3 Å². The highest BCUT2D eigenvalue weighted by Gasteiger charge is 2.32. The number of nitrogens with zero attached hydrogens (tertiary/aromatic N) is 3. The van der Waals surface area contributed by atoms with Gasteiger partial charge in [-0.15, -0.1) is 11.3 Å². The van der Waals surface area contributed by atoms with Crippen molar-refractivity contribution in [2.24, 2.45) is 0 Å². The second-order valence-corrected chi connectivity index (χ2v) is 9.57. The topological polar surface area (TPSA) is 45.7 Å². The Morgan fingerprint density at radius 1 is 1.06 bits per heavy atom. The molecule has 0 saturated carbocycles. The molecule has 1 fully saturated rings. The van der Waals surface area contributed by atoms with E-state index in [2.05, 4.69) is 40.6 Å². The predicted molar refractivity (Wildman–Crippen MR) is 130 cm³/mol. The third-order valence-corrected chi connectivity index (χ3v) is 7.15. The van der Waals surface area contributed by atoms with Gasteiger partial charge in [0.1, 0.15) is 5.75 Å². The van der Waals surface area contributed by atoms with Crippen LogP contribution < -0.4 is 9.64 Å². The number of carbonyl (C=O) groups is 1. The number of piperidine rings is 1. The molecular formula is C26H29N3O2S. The van der Waals surface area contributed by atoms with Gasteiger partial charge in [-0.3, -0.25) is 4.79 Å². The van der Waals surface area contributed by atoms with Gasteiger partial charge in [0.15, 0.2) is 6.10 Å². The molecule has 3 heterocycles. The van der Waals surface area contributed by atoms with Crippen LogP contribution in [0.1, 0.15) is 36.8 Å². The van der Waals surface area contributed by atoms with Gasteiger partial charge in [0.25, 0.3) is 5.91 Å². The highest BCUT2D eigenvalue weighted by Crippen LogP contribution is 2.38. The lowest BCUT2D eigenvalue weighted by atomic mass is 10.1. The Morgan fingerprint density at radius 2 is 1.88 bits per heavy atom. The number of rotatable bonds is 6. The molecule has 1 saturated heterocycles. The SMILES string of the molecule is CC1Oc2ccc(-c3csc(Cc4ccccc4)n3)cc2N(CCN2CCCCC2)C1=O. The van der Waals surface area contributed by atoms with Crippen molar-refractivity contribution in [2.45, 2.75) is 38.7 Å². The molecule has 32 heavy (non-hydrogen) atoms.